The van der Waals surface area contributed by atoms with E-state index in [1.807, 2.05) is 12.1 Å². The van der Waals surface area contributed by atoms with Crippen LogP contribution in [0.4, 0.5) is 0 Å². The molecule has 0 saturated heterocycles. The third-order valence-electron chi connectivity index (χ3n) is 6.37. The first-order chi connectivity index (χ1) is 14.2. The van der Waals surface area contributed by atoms with Gasteiger partial charge in [-0.2, -0.15) is 0 Å². The Morgan fingerprint density at radius 2 is 1.90 bits per heavy atom. The molecule has 5 heteroatoms. The molecule has 29 heavy (non-hydrogen) atoms. The van der Waals surface area contributed by atoms with Gasteiger partial charge in [-0.3, -0.25) is 4.79 Å². The van der Waals surface area contributed by atoms with Crippen LogP contribution in [0.25, 0.3) is 5.70 Å². The lowest BCUT2D eigenvalue weighted by Crippen LogP contribution is -2.36. The lowest BCUT2D eigenvalue weighted by Gasteiger charge is -2.42. The molecule has 2 aromatic carbocycles. The molecule has 0 radical (unpaired) electrons. The van der Waals surface area contributed by atoms with Crippen LogP contribution >= 0.6 is 15.9 Å². The van der Waals surface area contributed by atoms with Gasteiger partial charge in [0.2, 0.25) is 6.79 Å². The molecule has 4 nitrogen and oxygen atoms in total. The first-order valence-electron chi connectivity index (χ1n) is 10.1. The van der Waals surface area contributed by atoms with Crippen LogP contribution in [0.2, 0.25) is 0 Å². The molecule has 1 aliphatic carbocycles. The smallest absolute Gasteiger partial charge is 0.231 e. The highest BCUT2D eigenvalue weighted by Crippen LogP contribution is 2.48. The number of carbonyl (C=O) groups excluding carboxylic acids is 1. The number of fused-ring (bicyclic) bond motifs is 5. The maximum absolute atomic E-state index is 13.0. The Morgan fingerprint density at radius 3 is 2.76 bits per heavy atom. The van der Waals surface area contributed by atoms with Gasteiger partial charge in [0.15, 0.2) is 17.3 Å². The molecular weight excluding hydrogens is 430 g/mol. The van der Waals surface area contributed by atoms with Gasteiger partial charge in [-0.05, 0) is 60.7 Å². The van der Waals surface area contributed by atoms with E-state index in [0.29, 0.717) is 12.2 Å². The molecule has 0 aromatic heterocycles. The van der Waals surface area contributed by atoms with Gasteiger partial charge >= 0.3 is 0 Å². The molecule has 146 valence electrons. The Labute approximate surface area is 177 Å². The summed E-state index contributed by atoms with van der Waals surface area (Å²) in [4.78, 5) is 15.4. The number of nitrogens with zero attached hydrogens (tertiary/aromatic N) is 1. The molecule has 4 aliphatic rings. The number of ketones is 1. The van der Waals surface area contributed by atoms with Gasteiger partial charge in [-0.25, -0.2) is 0 Å². The quantitative estimate of drug-likeness (QED) is 0.600. The van der Waals surface area contributed by atoms with Gasteiger partial charge in [0.05, 0.1) is 0 Å². The molecule has 3 aliphatic heterocycles. The normalized spacial score (nSPS) is 22.1. The molecule has 6 rings (SSSR count). The number of Topliss-reactive ketones (excluding diaryl/α,β-unsaturated/α-hetero) is 1. The molecule has 3 heterocycles. The first kappa shape index (κ1) is 17.3. The van der Waals surface area contributed by atoms with Crippen molar-refractivity contribution in [2.45, 2.75) is 31.6 Å². The SMILES string of the molecule is O=C1CCCC2=C1C(c1cccc(Br)c1)C=C1c3cc4c(cc3CCN12)OCO4. The molecule has 1 atom stereocenters. The van der Waals surface area contributed by atoms with Crippen molar-refractivity contribution in [3.05, 3.63) is 74.9 Å². The largest absolute Gasteiger partial charge is 0.454 e. The summed E-state index contributed by atoms with van der Waals surface area (Å²) < 4.78 is 12.3. The predicted molar refractivity (Wildman–Crippen MR) is 114 cm³/mol. The summed E-state index contributed by atoms with van der Waals surface area (Å²) in [6.45, 7) is 1.18. The van der Waals surface area contributed by atoms with Crippen molar-refractivity contribution in [2.24, 2.45) is 0 Å². The summed E-state index contributed by atoms with van der Waals surface area (Å²) in [5.41, 5.74) is 7.04. The molecule has 0 fully saturated rings. The summed E-state index contributed by atoms with van der Waals surface area (Å²) in [6, 6.07) is 12.6. The lowest BCUT2D eigenvalue weighted by atomic mass is 9.77. The van der Waals surface area contributed by atoms with Crippen molar-refractivity contribution in [1.82, 2.24) is 4.90 Å². The fourth-order valence-electron chi connectivity index (χ4n) is 5.07. The average molecular weight is 450 g/mol. The Balaban J connectivity index is 1.55. The molecule has 0 bridgehead atoms. The summed E-state index contributed by atoms with van der Waals surface area (Å²) in [5, 5.41) is 0. The Morgan fingerprint density at radius 1 is 1.03 bits per heavy atom. The lowest BCUT2D eigenvalue weighted by molar-refractivity contribution is -0.116. The highest BCUT2D eigenvalue weighted by Gasteiger charge is 2.38. The zero-order valence-corrected chi connectivity index (χ0v) is 17.5. The van der Waals surface area contributed by atoms with E-state index in [-0.39, 0.29) is 12.7 Å². The first-order valence-corrected chi connectivity index (χ1v) is 10.9. The third kappa shape index (κ3) is 2.67. The number of rotatable bonds is 1. The van der Waals surface area contributed by atoms with Crippen LogP contribution in [0.1, 0.15) is 41.9 Å². The predicted octanol–water partition coefficient (Wildman–Crippen LogP) is 5.18. The second-order valence-electron chi connectivity index (χ2n) is 7.99. The molecule has 0 N–H and O–H groups in total. The second-order valence-corrected chi connectivity index (χ2v) is 8.90. The van der Waals surface area contributed by atoms with Crippen LogP contribution in [0.3, 0.4) is 0 Å². The van der Waals surface area contributed by atoms with E-state index in [4.69, 9.17) is 9.47 Å². The van der Waals surface area contributed by atoms with E-state index < -0.39 is 0 Å². The number of ether oxygens (including phenoxy) is 2. The van der Waals surface area contributed by atoms with Gasteiger partial charge in [-0.15, -0.1) is 0 Å². The standard InChI is InChI=1S/C24H20BrNO3/c25-16-4-1-3-14(9-16)18-11-20-17-12-23-22(28-13-29-23)10-15(17)7-8-26(20)19-5-2-6-21(27)24(18)19/h1,3-4,9-12,18H,2,5-8,13H2. The van der Waals surface area contributed by atoms with Gasteiger partial charge < -0.3 is 14.4 Å². The van der Waals surface area contributed by atoms with Gasteiger partial charge in [0.25, 0.3) is 0 Å². The number of hydrogen-bond acceptors (Lipinski definition) is 4. The highest BCUT2D eigenvalue weighted by molar-refractivity contribution is 9.10. The number of benzene rings is 2. The summed E-state index contributed by atoms with van der Waals surface area (Å²) in [5.74, 6) is 1.93. The van der Waals surface area contributed by atoms with Crippen molar-refractivity contribution in [2.75, 3.05) is 13.3 Å². The van der Waals surface area contributed by atoms with Crippen LogP contribution < -0.4 is 9.47 Å². The van der Waals surface area contributed by atoms with Crippen molar-refractivity contribution in [1.29, 1.82) is 0 Å². The van der Waals surface area contributed by atoms with Crippen LogP contribution in [-0.4, -0.2) is 24.0 Å². The number of halogens is 1. The zero-order chi connectivity index (χ0) is 19.5. The topological polar surface area (TPSA) is 38.8 Å². The maximum atomic E-state index is 13.0. The number of hydrogen-bond donors (Lipinski definition) is 0. The monoisotopic (exact) mass is 449 g/mol. The van der Waals surface area contributed by atoms with Gasteiger partial charge in [-0.1, -0.05) is 28.1 Å². The van der Waals surface area contributed by atoms with Crippen molar-refractivity contribution < 1.29 is 14.3 Å². The van der Waals surface area contributed by atoms with E-state index in [1.165, 1.54) is 22.5 Å². The fourth-order valence-corrected chi connectivity index (χ4v) is 5.49. The number of carbonyl (C=O) groups is 1. The van der Waals surface area contributed by atoms with E-state index in [1.54, 1.807) is 0 Å². The van der Waals surface area contributed by atoms with Crippen molar-refractivity contribution in [3.63, 3.8) is 0 Å². The summed E-state index contributed by atoms with van der Waals surface area (Å²) in [6.07, 6.45) is 5.76. The molecule has 0 saturated carbocycles. The Hall–Kier alpha value is -2.53. The molecular formula is C24H20BrNO3. The maximum Gasteiger partial charge on any atom is 0.231 e. The van der Waals surface area contributed by atoms with Crippen LogP contribution in [0.15, 0.2) is 58.2 Å². The minimum atomic E-state index is -0.0158. The van der Waals surface area contributed by atoms with Crippen molar-refractivity contribution >= 4 is 27.4 Å². The minimum absolute atomic E-state index is 0.0158. The molecule has 0 spiro atoms. The zero-order valence-electron chi connectivity index (χ0n) is 15.9. The fraction of sp³-hybridized carbons (Fsp3) is 0.292. The van der Waals surface area contributed by atoms with Gasteiger partial charge in [0, 0.05) is 45.9 Å². The average Bonchev–Trinajstić information content (AvgIpc) is 3.19. The van der Waals surface area contributed by atoms with E-state index in [2.05, 4.69) is 51.2 Å². The molecule has 2 aromatic rings. The molecule has 1 unspecified atom stereocenters. The van der Waals surface area contributed by atoms with Crippen LogP contribution in [-0.2, 0) is 11.2 Å². The van der Waals surface area contributed by atoms with Gasteiger partial charge in [0.1, 0.15) is 0 Å². The van der Waals surface area contributed by atoms with Crippen LogP contribution in [0.5, 0.6) is 11.5 Å². The molecule has 0 amide bonds. The third-order valence-corrected chi connectivity index (χ3v) is 6.86. The van der Waals surface area contributed by atoms with Crippen molar-refractivity contribution in [3.8, 4) is 11.5 Å². The second kappa shape index (κ2) is 6.49. The summed E-state index contributed by atoms with van der Waals surface area (Å²) >= 11 is 3.60. The van der Waals surface area contributed by atoms with E-state index in [0.717, 1.165) is 52.9 Å². The van der Waals surface area contributed by atoms with E-state index in [9.17, 15) is 4.79 Å². The van der Waals surface area contributed by atoms with E-state index >= 15 is 0 Å². The van der Waals surface area contributed by atoms with Crippen LogP contribution in [0, 0.1) is 0 Å². The number of allylic oxidation sites excluding steroid dienone is 3. The minimum Gasteiger partial charge on any atom is -0.454 e. The Kier molecular flexibility index (Phi) is 3.88. The summed E-state index contributed by atoms with van der Waals surface area (Å²) in [7, 11) is 0. The Bertz CT molecular complexity index is 1120. The highest BCUT2D eigenvalue weighted by atomic mass is 79.9.